The van der Waals surface area contributed by atoms with Crippen molar-refractivity contribution >= 4 is 60.5 Å². The molecule has 0 unspecified atom stereocenters. The molecule has 0 amide bonds. The SMILES string of the molecule is CC1(C)c2ccccc2-c2c(-c3ccccc3N(c3cccc(-c4cccc5c4oc4ccccc45)c3)c3cccc4c3ccc3ccccc34)cccc21. The van der Waals surface area contributed by atoms with Crippen LogP contribution in [0.3, 0.4) is 0 Å². The highest BCUT2D eigenvalue weighted by molar-refractivity contribution is 6.14. The van der Waals surface area contributed by atoms with E-state index in [0.29, 0.717) is 0 Å². The summed E-state index contributed by atoms with van der Waals surface area (Å²) in [5.41, 5.74) is 15.0. The summed E-state index contributed by atoms with van der Waals surface area (Å²) in [6, 6.07) is 68.5. The number of anilines is 3. The van der Waals surface area contributed by atoms with Gasteiger partial charge in [-0.3, -0.25) is 0 Å². The molecule has 0 radical (unpaired) electrons. The minimum absolute atomic E-state index is 0.0980. The number of rotatable bonds is 5. The minimum Gasteiger partial charge on any atom is -0.455 e. The molecule has 55 heavy (non-hydrogen) atoms. The molecule has 0 atom stereocenters. The van der Waals surface area contributed by atoms with Crippen LogP contribution in [0.15, 0.2) is 192 Å². The second-order valence-corrected chi connectivity index (χ2v) is 15.2. The summed E-state index contributed by atoms with van der Waals surface area (Å²) in [6.45, 7) is 4.71. The smallest absolute Gasteiger partial charge is 0.143 e. The van der Waals surface area contributed by atoms with Crippen LogP contribution in [0.25, 0.3) is 76.9 Å². The average Bonchev–Trinajstić information content (AvgIpc) is 3.73. The van der Waals surface area contributed by atoms with Crippen molar-refractivity contribution in [3.8, 4) is 33.4 Å². The van der Waals surface area contributed by atoms with Gasteiger partial charge in [-0.05, 0) is 79.9 Å². The van der Waals surface area contributed by atoms with Crippen LogP contribution in [0, 0.1) is 0 Å². The van der Waals surface area contributed by atoms with E-state index < -0.39 is 0 Å². The van der Waals surface area contributed by atoms with Crippen molar-refractivity contribution in [2.24, 2.45) is 0 Å². The van der Waals surface area contributed by atoms with E-state index in [0.717, 1.165) is 50.1 Å². The van der Waals surface area contributed by atoms with Crippen molar-refractivity contribution < 1.29 is 4.42 Å². The Morgan fingerprint density at radius 1 is 0.418 bits per heavy atom. The first-order chi connectivity index (χ1) is 27.1. The maximum Gasteiger partial charge on any atom is 0.143 e. The Hall–Kier alpha value is -6.90. The number of furan rings is 1. The number of hydrogen-bond donors (Lipinski definition) is 0. The Labute approximate surface area is 320 Å². The molecule has 260 valence electrons. The van der Waals surface area contributed by atoms with Crippen LogP contribution in [0.5, 0.6) is 0 Å². The van der Waals surface area contributed by atoms with Crippen LogP contribution in [0.2, 0.25) is 0 Å². The fraction of sp³-hybridized carbons (Fsp3) is 0.0566. The van der Waals surface area contributed by atoms with E-state index in [-0.39, 0.29) is 5.41 Å². The Kier molecular flexibility index (Phi) is 6.93. The first-order valence-corrected chi connectivity index (χ1v) is 19.1. The maximum absolute atomic E-state index is 6.56. The van der Waals surface area contributed by atoms with Gasteiger partial charge in [-0.15, -0.1) is 0 Å². The van der Waals surface area contributed by atoms with E-state index in [9.17, 15) is 0 Å². The van der Waals surface area contributed by atoms with Crippen molar-refractivity contribution in [2.75, 3.05) is 4.90 Å². The lowest BCUT2D eigenvalue weighted by Gasteiger charge is -2.30. The number of para-hydroxylation sites is 3. The highest BCUT2D eigenvalue weighted by Crippen LogP contribution is 2.54. The van der Waals surface area contributed by atoms with Crippen LogP contribution in [-0.4, -0.2) is 0 Å². The first-order valence-electron chi connectivity index (χ1n) is 19.1. The lowest BCUT2D eigenvalue weighted by molar-refractivity contribution is 0.660. The molecule has 1 aliphatic rings. The third-order valence-electron chi connectivity index (χ3n) is 11.9. The summed E-state index contributed by atoms with van der Waals surface area (Å²) in [5.74, 6) is 0. The molecule has 1 aromatic heterocycles. The topological polar surface area (TPSA) is 16.4 Å². The summed E-state index contributed by atoms with van der Waals surface area (Å²) in [7, 11) is 0. The van der Waals surface area contributed by atoms with E-state index in [1.54, 1.807) is 0 Å². The zero-order chi connectivity index (χ0) is 36.7. The van der Waals surface area contributed by atoms with Gasteiger partial charge in [0.25, 0.3) is 0 Å². The molecular formula is C53H37NO. The predicted octanol–water partition coefficient (Wildman–Crippen LogP) is 15.0. The molecular weight excluding hydrogens is 667 g/mol. The molecule has 0 spiro atoms. The van der Waals surface area contributed by atoms with Gasteiger partial charge in [-0.25, -0.2) is 0 Å². The van der Waals surface area contributed by atoms with Crippen molar-refractivity contribution in [3.05, 3.63) is 199 Å². The van der Waals surface area contributed by atoms with Gasteiger partial charge in [-0.2, -0.15) is 0 Å². The predicted molar refractivity (Wildman–Crippen MR) is 232 cm³/mol. The largest absolute Gasteiger partial charge is 0.455 e. The average molecular weight is 704 g/mol. The Bertz CT molecular complexity index is 3150. The van der Waals surface area contributed by atoms with Gasteiger partial charge >= 0.3 is 0 Å². The van der Waals surface area contributed by atoms with Gasteiger partial charge in [0.15, 0.2) is 0 Å². The highest BCUT2D eigenvalue weighted by atomic mass is 16.3. The summed E-state index contributed by atoms with van der Waals surface area (Å²) in [4.78, 5) is 2.47. The lowest BCUT2D eigenvalue weighted by Crippen LogP contribution is -2.15. The molecule has 1 aliphatic carbocycles. The molecule has 0 saturated heterocycles. The lowest BCUT2D eigenvalue weighted by atomic mass is 9.82. The molecule has 0 bridgehead atoms. The van der Waals surface area contributed by atoms with Gasteiger partial charge in [0.2, 0.25) is 0 Å². The third kappa shape index (κ3) is 4.74. The zero-order valence-corrected chi connectivity index (χ0v) is 30.8. The summed E-state index contributed by atoms with van der Waals surface area (Å²) >= 11 is 0. The number of hydrogen-bond acceptors (Lipinski definition) is 2. The van der Waals surface area contributed by atoms with E-state index in [2.05, 4.69) is 201 Å². The summed E-state index contributed by atoms with van der Waals surface area (Å²) in [6.07, 6.45) is 0. The van der Waals surface area contributed by atoms with Gasteiger partial charge < -0.3 is 9.32 Å². The van der Waals surface area contributed by atoms with Crippen LogP contribution < -0.4 is 4.90 Å². The zero-order valence-electron chi connectivity index (χ0n) is 30.8. The van der Waals surface area contributed by atoms with Gasteiger partial charge in [0.05, 0.1) is 11.4 Å². The van der Waals surface area contributed by atoms with Crippen molar-refractivity contribution in [3.63, 3.8) is 0 Å². The second-order valence-electron chi connectivity index (χ2n) is 15.2. The number of nitrogens with zero attached hydrogens (tertiary/aromatic N) is 1. The van der Waals surface area contributed by atoms with Crippen molar-refractivity contribution in [1.29, 1.82) is 0 Å². The van der Waals surface area contributed by atoms with Crippen LogP contribution in [0.4, 0.5) is 17.1 Å². The van der Waals surface area contributed by atoms with Gasteiger partial charge in [-0.1, -0.05) is 172 Å². The monoisotopic (exact) mass is 703 g/mol. The second kappa shape index (κ2) is 12.1. The fourth-order valence-corrected chi connectivity index (χ4v) is 9.29. The summed E-state index contributed by atoms with van der Waals surface area (Å²) < 4.78 is 6.56. The van der Waals surface area contributed by atoms with E-state index in [1.165, 1.54) is 54.9 Å². The van der Waals surface area contributed by atoms with E-state index in [1.807, 2.05) is 6.07 Å². The van der Waals surface area contributed by atoms with Crippen molar-refractivity contribution in [1.82, 2.24) is 0 Å². The first kappa shape index (κ1) is 31.6. The molecule has 2 heteroatoms. The van der Waals surface area contributed by atoms with Crippen LogP contribution in [0.1, 0.15) is 25.0 Å². The molecule has 0 saturated carbocycles. The quantitative estimate of drug-likeness (QED) is 0.166. The van der Waals surface area contributed by atoms with Gasteiger partial charge in [0.1, 0.15) is 11.2 Å². The standard InChI is InChI=1S/C53H37NO/c1-53(2)46-26-8-5-21-45(46)51-43(24-13-27-47(51)53)40-19-6-9-28-48(40)54(49-29-14-23-39-37-18-4-3-15-34(37)31-32-41(39)49)36-17-11-16-35(33-36)38-22-12-25-44-42-20-7-10-30-50(42)55-52(38)44/h3-33H,1-2H3. The van der Waals surface area contributed by atoms with E-state index >= 15 is 0 Å². The number of benzene rings is 9. The van der Waals surface area contributed by atoms with Crippen molar-refractivity contribution in [2.45, 2.75) is 19.3 Å². The Balaban J connectivity index is 1.18. The molecule has 0 N–H and O–H groups in total. The van der Waals surface area contributed by atoms with E-state index in [4.69, 9.17) is 4.42 Å². The Morgan fingerprint density at radius 3 is 1.98 bits per heavy atom. The fourth-order valence-electron chi connectivity index (χ4n) is 9.29. The molecule has 10 aromatic rings. The molecule has 0 aliphatic heterocycles. The van der Waals surface area contributed by atoms with Crippen LogP contribution >= 0.6 is 0 Å². The molecule has 0 fully saturated rings. The molecule has 1 heterocycles. The van der Waals surface area contributed by atoms with Gasteiger partial charge in [0, 0.05) is 38.4 Å². The number of fused-ring (bicyclic) bond motifs is 9. The minimum atomic E-state index is -0.0980. The molecule has 9 aromatic carbocycles. The Morgan fingerprint density at radius 2 is 1.05 bits per heavy atom. The van der Waals surface area contributed by atoms with Crippen LogP contribution in [-0.2, 0) is 5.41 Å². The molecule has 2 nitrogen and oxygen atoms in total. The highest BCUT2D eigenvalue weighted by Gasteiger charge is 2.37. The maximum atomic E-state index is 6.56. The third-order valence-corrected chi connectivity index (χ3v) is 11.9. The molecule has 11 rings (SSSR count). The normalized spacial score (nSPS) is 13.1. The summed E-state index contributed by atoms with van der Waals surface area (Å²) in [5, 5.41) is 7.18.